The number of rotatable bonds is 5. The summed E-state index contributed by atoms with van der Waals surface area (Å²) in [7, 11) is 1.62. The Labute approximate surface area is 177 Å². The van der Waals surface area contributed by atoms with Crippen molar-refractivity contribution < 1.29 is 9.53 Å². The van der Waals surface area contributed by atoms with Crippen LogP contribution in [0.3, 0.4) is 0 Å². The van der Waals surface area contributed by atoms with Crippen LogP contribution in [-0.2, 0) is 4.79 Å². The standard InChI is InChI=1S/C20H16ClN3O2S2/c1-26-16-9-5-14(6-10-16)17-12-28-20(22-17)24-19(27)23-18(25)11-4-13-2-7-15(21)8-3-13/h2-12H,1H3,(H2,22,23,24,25,27)/b11-4+. The van der Waals surface area contributed by atoms with E-state index in [1.54, 1.807) is 25.3 Å². The first-order valence-corrected chi connectivity index (χ1v) is 9.85. The van der Waals surface area contributed by atoms with Crippen molar-refractivity contribution in [1.82, 2.24) is 10.3 Å². The summed E-state index contributed by atoms with van der Waals surface area (Å²) in [6.07, 6.45) is 3.08. The Morgan fingerprint density at radius 2 is 1.89 bits per heavy atom. The van der Waals surface area contributed by atoms with E-state index in [2.05, 4.69) is 15.6 Å². The number of carbonyl (C=O) groups excluding carboxylic acids is 1. The monoisotopic (exact) mass is 429 g/mol. The van der Waals surface area contributed by atoms with Gasteiger partial charge in [-0.1, -0.05) is 23.7 Å². The first-order valence-electron chi connectivity index (χ1n) is 8.19. The maximum Gasteiger partial charge on any atom is 0.250 e. The van der Waals surface area contributed by atoms with Crippen LogP contribution in [-0.4, -0.2) is 23.1 Å². The summed E-state index contributed by atoms with van der Waals surface area (Å²) >= 11 is 12.4. The average molecular weight is 430 g/mol. The topological polar surface area (TPSA) is 63.2 Å². The first kappa shape index (κ1) is 20.0. The van der Waals surface area contributed by atoms with Crippen LogP contribution in [0.25, 0.3) is 17.3 Å². The zero-order chi connectivity index (χ0) is 19.9. The molecule has 28 heavy (non-hydrogen) atoms. The number of ether oxygens (including phenoxy) is 1. The van der Waals surface area contributed by atoms with E-state index in [0.717, 1.165) is 22.6 Å². The predicted octanol–water partition coefficient (Wildman–Crippen LogP) is 5.00. The summed E-state index contributed by atoms with van der Waals surface area (Å²) in [6.45, 7) is 0. The second-order valence-corrected chi connectivity index (χ2v) is 7.30. The number of thiocarbonyl (C=S) groups is 1. The van der Waals surface area contributed by atoms with Crippen molar-refractivity contribution in [3.05, 3.63) is 70.6 Å². The summed E-state index contributed by atoms with van der Waals surface area (Å²) in [4.78, 5) is 16.5. The van der Waals surface area contributed by atoms with Crippen molar-refractivity contribution in [2.45, 2.75) is 0 Å². The number of amides is 1. The Bertz CT molecular complexity index is 999. The number of thiazole rings is 1. The number of methoxy groups -OCH3 is 1. The minimum atomic E-state index is -0.334. The average Bonchev–Trinajstić information content (AvgIpc) is 3.16. The third-order valence-electron chi connectivity index (χ3n) is 3.64. The molecule has 1 amide bonds. The maximum absolute atomic E-state index is 12.0. The van der Waals surface area contributed by atoms with Crippen molar-refractivity contribution in [2.75, 3.05) is 12.4 Å². The van der Waals surface area contributed by atoms with Crippen LogP contribution in [0.1, 0.15) is 5.56 Å². The van der Waals surface area contributed by atoms with Gasteiger partial charge in [-0.2, -0.15) is 0 Å². The molecule has 1 heterocycles. The van der Waals surface area contributed by atoms with Crippen molar-refractivity contribution >= 4 is 57.4 Å². The molecule has 0 bridgehead atoms. The highest BCUT2D eigenvalue weighted by Crippen LogP contribution is 2.26. The van der Waals surface area contributed by atoms with E-state index in [9.17, 15) is 4.79 Å². The molecule has 0 aliphatic carbocycles. The lowest BCUT2D eigenvalue weighted by molar-refractivity contribution is -0.115. The van der Waals surface area contributed by atoms with Crippen molar-refractivity contribution in [3.8, 4) is 17.0 Å². The lowest BCUT2D eigenvalue weighted by Crippen LogP contribution is -2.32. The van der Waals surface area contributed by atoms with Crippen LogP contribution in [0.5, 0.6) is 5.75 Å². The highest BCUT2D eigenvalue weighted by Gasteiger charge is 2.07. The normalized spacial score (nSPS) is 10.6. The van der Waals surface area contributed by atoms with Gasteiger partial charge in [0.2, 0.25) is 5.91 Å². The molecule has 1 aromatic heterocycles. The minimum Gasteiger partial charge on any atom is -0.497 e. The third-order valence-corrected chi connectivity index (χ3v) is 4.86. The molecule has 0 aliphatic heterocycles. The SMILES string of the molecule is COc1ccc(-c2csc(NC(=S)NC(=O)/C=C/c3ccc(Cl)cc3)n2)cc1. The van der Waals surface area contributed by atoms with E-state index in [4.69, 9.17) is 28.6 Å². The number of hydrogen-bond acceptors (Lipinski definition) is 5. The van der Waals surface area contributed by atoms with Gasteiger partial charge in [0.1, 0.15) is 5.75 Å². The molecule has 0 saturated carbocycles. The lowest BCUT2D eigenvalue weighted by Gasteiger charge is -2.05. The zero-order valence-corrected chi connectivity index (χ0v) is 17.2. The number of nitrogens with one attached hydrogen (secondary N) is 2. The van der Waals surface area contributed by atoms with Gasteiger partial charge in [0.05, 0.1) is 12.8 Å². The van der Waals surface area contributed by atoms with Gasteiger partial charge < -0.3 is 10.1 Å². The molecule has 5 nitrogen and oxygen atoms in total. The second kappa shape index (κ2) is 9.45. The Balaban J connectivity index is 1.55. The van der Waals surface area contributed by atoms with Gasteiger partial charge >= 0.3 is 0 Å². The molecule has 0 fully saturated rings. The molecule has 0 aliphatic rings. The van der Waals surface area contributed by atoms with Gasteiger partial charge in [-0.05, 0) is 60.3 Å². The molecule has 142 valence electrons. The largest absolute Gasteiger partial charge is 0.497 e. The minimum absolute atomic E-state index is 0.182. The number of benzene rings is 2. The van der Waals surface area contributed by atoms with Gasteiger partial charge in [0, 0.05) is 22.0 Å². The number of nitrogens with zero attached hydrogens (tertiary/aromatic N) is 1. The van der Waals surface area contributed by atoms with E-state index in [1.807, 2.05) is 41.8 Å². The Hall–Kier alpha value is -2.74. The summed E-state index contributed by atoms with van der Waals surface area (Å²) in [6, 6.07) is 14.8. The molecule has 0 saturated heterocycles. The second-order valence-electron chi connectivity index (χ2n) is 5.59. The number of anilines is 1. The number of aromatic nitrogens is 1. The predicted molar refractivity (Wildman–Crippen MR) is 119 cm³/mol. The van der Waals surface area contributed by atoms with Crippen molar-refractivity contribution in [3.63, 3.8) is 0 Å². The summed E-state index contributed by atoms with van der Waals surface area (Å²) in [5.74, 6) is 0.451. The summed E-state index contributed by atoms with van der Waals surface area (Å²) in [5, 5.41) is 8.85. The van der Waals surface area contributed by atoms with Crippen LogP contribution in [0.15, 0.2) is 60.0 Å². The smallest absolute Gasteiger partial charge is 0.250 e. The molecular weight excluding hydrogens is 414 g/mol. The van der Waals surface area contributed by atoms with Crippen LogP contribution in [0.2, 0.25) is 5.02 Å². The van der Waals surface area contributed by atoms with Gasteiger partial charge in [-0.15, -0.1) is 11.3 Å². The molecule has 2 N–H and O–H groups in total. The molecule has 0 radical (unpaired) electrons. The number of carbonyl (C=O) groups is 1. The lowest BCUT2D eigenvalue weighted by atomic mass is 10.2. The zero-order valence-electron chi connectivity index (χ0n) is 14.8. The molecule has 2 aromatic carbocycles. The highest BCUT2D eigenvalue weighted by atomic mass is 35.5. The van der Waals surface area contributed by atoms with Gasteiger partial charge in [-0.3, -0.25) is 10.1 Å². The molecule has 8 heteroatoms. The van der Waals surface area contributed by atoms with Gasteiger partial charge in [-0.25, -0.2) is 4.98 Å². The third kappa shape index (κ3) is 5.63. The quantitative estimate of drug-likeness (QED) is 0.441. The highest BCUT2D eigenvalue weighted by molar-refractivity contribution is 7.80. The van der Waals surface area contributed by atoms with Gasteiger partial charge in [0.15, 0.2) is 10.2 Å². The Kier molecular flexibility index (Phi) is 6.76. The fourth-order valence-corrected chi connectivity index (χ4v) is 3.37. The van der Waals surface area contributed by atoms with Gasteiger partial charge in [0.25, 0.3) is 0 Å². The Morgan fingerprint density at radius 3 is 2.57 bits per heavy atom. The van der Waals surface area contributed by atoms with Crippen LogP contribution in [0.4, 0.5) is 5.13 Å². The molecule has 0 spiro atoms. The first-order chi connectivity index (χ1) is 13.5. The van der Waals surface area contributed by atoms with E-state index in [0.29, 0.717) is 10.2 Å². The van der Waals surface area contributed by atoms with Crippen LogP contribution in [0, 0.1) is 0 Å². The molecule has 0 unspecified atom stereocenters. The van der Waals surface area contributed by atoms with E-state index < -0.39 is 0 Å². The Morgan fingerprint density at radius 1 is 1.18 bits per heavy atom. The van der Waals surface area contributed by atoms with Crippen LogP contribution < -0.4 is 15.4 Å². The van der Waals surface area contributed by atoms with Crippen molar-refractivity contribution in [2.24, 2.45) is 0 Å². The molecule has 3 rings (SSSR count). The summed E-state index contributed by atoms with van der Waals surface area (Å²) in [5.41, 5.74) is 2.64. The van der Waals surface area contributed by atoms with Crippen molar-refractivity contribution in [1.29, 1.82) is 0 Å². The molecular formula is C20H16ClN3O2S2. The maximum atomic E-state index is 12.0. The fraction of sp³-hybridized carbons (Fsp3) is 0.0500. The van der Waals surface area contributed by atoms with E-state index >= 15 is 0 Å². The van der Waals surface area contributed by atoms with E-state index in [1.165, 1.54) is 17.4 Å². The summed E-state index contributed by atoms with van der Waals surface area (Å²) < 4.78 is 5.15. The van der Waals surface area contributed by atoms with Crippen LogP contribution >= 0.6 is 35.2 Å². The number of hydrogen-bond donors (Lipinski definition) is 2. The fourth-order valence-electron chi connectivity index (χ4n) is 2.25. The molecule has 3 aromatic rings. The molecule has 0 atom stereocenters. The number of halogens is 1. The van der Waals surface area contributed by atoms with E-state index in [-0.39, 0.29) is 11.0 Å².